The lowest BCUT2D eigenvalue weighted by Crippen LogP contribution is -2.29. The molecule has 1 unspecified atom stereocenters. The molecular formula is C11H15BrClNO2. The van der Waals surface area contributed by atoms with Crippen LogP contribution in [-0.4, -0.2) is 31.5 Å². The summed E-state index contributed by atoms with van der Waals surface area (Å²) < 4.78 is 5.80. The molecule has 1 aromatic rings. The first-order valence-electron chi connectivity index (χ1n) is 4.95. The van der Waals surface area contributed by atoms with Crippen molar-refractivity contribution in [3.8, 4) is 0 Å². The highest BCUT2D eigenvalue weighted by Gasteiger charge is 2.04. The summed E-state index contributed by atoms with van der Waals surface area (Å²) in [4.78, 5) is 0. The highest BCUT2D eigenvalue weighted by Crippen LogP contribution is 2.21. The number of hydrogen-bond donors (Lipinski definition) is 2. The summed E-state index contributed by atoms with van der Waals surface area (Å²) in [6.45, 7) is 1.52. The van der Waals surface area contributed by atoms with E-state index in [0.717, 1.165) is 10.0 Å². The molecule has 0 aliphatic rings. The van der Waals surface area contributed by atoms with Crippen molar-refractivity contribution in [1.82, 2.24) is 5.32 Å². The molecule has 0 aromatic heterocycles. The van der Waals surface area contributed by atoms with Crippen LogP contribution >= 0.6 is 27.5 Å². The van der Waals surface area contributed by atoms with Gasteiger partial charge < -0.3 is 15.2 Å². The van der Waals surface area contributed by atoms with Crippen LogP contribution in [0.5, 0.6) is 0 Å². The topological polar surface area (TPSA) is 41.5 Å². The maximum atomic E-state index is 9.42. The van der Waals surface area contributed by atoms with Gasteiger partial charge in [0.1, 0.15) is 0 Å². The summed E-state index contributed by atoms with van der Waals surface area (Å²) >= 11 is 9.27. The Morgan fingerprint density at radius 3 is 2.94 bits per heavy atom. The van der Waals surface area contributed by atoms with Gasteiger partial charge in [-0.15, -0.1) is 0 Å². The lowest BCUT2D eigenvalue weighted by Gasteiger charge is -2.11. The zero-order valence-corrected chi connectivity index (χ0v) is 11.4. The van der Waals surface area contributed by atoms with Gasteiger partial charge in [0, 0.05) is 29.7 Å². The van der Waals surface area contributed by atoms with Crippen LogP contribution in [0, 0.1) is 0 Å². The molecule has 0 bridgehead atoms. The van der Waals surface area contributed by atoms with Crippen molar-refractivity contribution in [3.05, 3.63) is 33.3 Å². The number of ether oxygens (including phenoxy) is 1. The zero-order valence-electron chi connectivity index (χ0n) is 9.04. The molecule has 2 N–H and O–H groups in total. The Balaban J connectivity index is 2.37. The molecule has 0 aliphatic heterocycles. The minimum absolute atomic E-state index is 0.342. The standard InChI is InChI=1S/C11H15BrClNO2/c1-16-7-10(15)6-14-5-8-2-3-9(13)4-11(8)12/h2-4,10,14-15H,5-7H2,1H3. The predicted octanol–water partition coefficient (Wildman–Crippen LogP) is 2.20. The lowest BCUT2D eigenvalue weighted by atomic mass is 10.2. The van der Waals surface area contributed by atoms with E-state index in [-0.39, 0.29) is 0 Å². The quantitative estimate of drug-likeness (QED) is 0.846. The van der Waals surface area contributed by atoms with Crippen molar-refractivity contribution in [1.29, 1.82) is 0 Å². The average molecular weight is 309 g/mol. The van der Waals surface area contributed by atoms with Gasteiger partial charge in [0.05, 0.1) is 12.7 Å². The lowest BCUT2D eigenvalue weighted by molar-refractivity contribution is 0.0644. The highest BCUT2D eigenvalue weighted by molar-refractivity contribution is 9.10. The molecule has 1 aromatic carbocycles. The molecule has 0 heterocycles. The Hall–Kier alpha value is -0.130. The Labute approximate surface area is 109 Å². The van der Waals surface area contributed by atoms with E-state index in [9.17, 15) is 5.11 Å². The number of aliphatic hydroxyl groups is 1. The smallest absolute Gasteiger partial charge is 0.0897 e. The fraction of sp³-hybridized carbons (Fsp3) is 0.455. The fourth-order valence-electron chi connectivity index (χ4n) is 1.29. The second-order valence-corrected chi connectivity index (χ2v) is 4.77. The molecule has 5 heteroatoms. The van der Waals surface area contributed by atoms with Gasteiger partial charge in [-0.05, 0) is 17.7 Å². The van der Waals surface area contributed by atoms with E-state index in [1.807, 2.05) is 18.2 Å². The predicted molar refractivity (Wildman–Crippen MR) is 68.7 cm³/mol. The van der Waals surface area contributed by atoms with E-state index in [0.29, 0.717) is 24.7 Å². The van der Waals surface area contributed by atoms with Crippen molar-refractivity contribution >= 4 is 27.5 Å². The molecular weight excluding hydrogens is 293 g/mol. The number of hydrogen-bond acceptors (Lipinski definition) is 3. The third-order valence-corrected chi connectivity index (χ3v) is 3.04. The van der Waals surface area contributed by atoms with Crippen molar-refractivity contribution in [2.75, 3.05) is 20.3 Å². The van der Waals surface area contributed by atoms with E-state index in [1.165, 1.54) is 0 Å². The zero-order chi connectivity index (χ0) is 12.0. The van der Waals surface area contributed by atoms with Gasteiger partial charge in [0.25, 0.3) is 0 Å². The van der Waals surface area contributed by atoms with Gasteiger partial charge >= 0.3 is 0 Å². The van der Waals surface area contributed by atoms with Crippen LogP contribution in [0.4, 0.5) is 0 Å². The molecule has 0 spiro atoms. The second-order valence-electron chi connectivity index (χ2n) is 3.48. The van der Waals surface area contributed by atoms with Crippen LogP contribution in [-0.2, 0) is 11.3 Å². The third kappa shape index (κ3) is 4.80. The SMILES string of the molecule is COCC(O)CNCc1ccc(Cl)cc1Br. The van der Waals surface area contributed by atoms with Crippen LogP contribution in [0.15, 0.2) is 22.7 Å². The van der Waals surface area contributed by atoms with Crippen molar-refractivity contribution in [3.63, 3.8) is 0 Å². The first kappa shape index (κ1) is 13.9. The first-order valence-corrected chi connectivity index (χ1v) is 6.12. The maximum absolute atomic E-state index is 9.42. The molecule has 1 rings (SSSR count). The molecule has 1 atom stereocenters. The van der Waals surface area contributed by atoms with E-state index in [2.05, 4.69) is 21.2 Å². The Morgan fingerprint density at radius 2 is 2.31 bits per heavy atom. The first-order chi connectivity index (χ1) is 7.63. The van der Waals surface area contributed by atoms with E-state index < -0.39 is 6.10 Å². The average Bonchev–Trinajstić information content (AvgIpc) is 2.22. The molecule has 0 fully saturated rings. The van der Waals surface area contributed by atoms with E-state index in [4.69, 9.17) is 16.3 Å². The molecule has 3 nitrogen and oxygen atoms in total. The molecule has 90 valence electrons. The summed E-state index contributed by atoms with van der Waals surface area (Å²) in [5.74, 6) is 0. The Kier molecular flexibility index (Phi) is 6.31. The third-order valence-electron chi connectivity index (χ3n) is 2.07. The number of benzene rings is 1. The molecule has 16 heavy (non-hydrogen) atoms. The Bertz CT molecular complexity index is 336. The Morgan fingerprint density at radius 1 is 1.56 bits per heavy atom. The van der Waals surface area contributed by atoms with Crippen LogP contribution < -0.4 is 5.32 Å². The largest absolute Gasteiger partial charge is 0.389 e. The van der Waals surface area contributed by atoms with Crippen LogP contribution in [0.3, 0.4) is 0 Å². The minimum atomic E-state index is -0.476. The van der Waals surface area contributed by atoms with Crippen LogP contribution in [0.2, 0.25) is 5.02 Å². The summed E-state index contributed by atoms with van der Waals surface area (Å²) in [5.41, 5.74) is 1.11. The molecule has 0 amide bonds. The molecule has 0 aliphatic carbocycles. The number of methoxy groups -OCH3 is 1. The fourth-order valence-corrected chi connectivity index (χ4v) is 2.11. The number of halogens is 2. The van der Waals surface area contributed by atoms with Crippen molar-refractivity contribution in [2.45, 2.75) is 12.6 Å². The molecule has 0 radical (unpaired) electrons. The van der Waals surface area contributed by atoms with Crippen molar-refractivity contribution in [2.24, 2.45) is 0 Å². The summed E-state index contributed by atoms with van der Waals surface area (Å²) in [7, 11) is 1.57. The van der Waals surface area contributed by atoms with Crippen molar-refractivity contribution < 1.29 is 9.84 Å². The molecule has 0 saturated heterocycles. The van der Waals surface area contributed by atoms with E-state index >= 15 is 0 Å². The second kappa shape index (κ2) is 7.25. The van der Waals surface area contributed by atoms with Gasteiger partial charge in [-0.2, -0.15) is 0 Å². The number of nitrogens with one attached hydrogen (secondary N) is 1. The summed E-state index contributed by atoms with van der Waals surface area (Å²) in [6.07, 6.45) is -0.476. The molecule has 0 saturated carbocycles. The minimum Gasteiger partial charge on any atom is -0.389 e. The number of aliphatic hydroxyl groups excluding tert-OH is 1. The summed E-state index contributed by atoms with van der Waals surface area (Å²) in [5, 5.41) is 13.3. The van der Waals surface area contributed by atoms with Gasteiger partial charge in [-0.3, -0.25) is 0 Å². The van der Waals surface area contributed by atoms with Gasteiger partial charge in [0.15, 0.2) is 0 Å². The van der Waals surface area contributed by atoms with Gasteiger partial charge in [-0.25, -0.2) is 0 Å². The normalized spacial score (nSPS) is 12.8. The number of rotatable bonds is 6. The monoisotopic (exact) mass is 307 g/mol. The van der Waals surface area contributed by atoms with E-state index in [1.54, 1.807) is 7.11 Å². The highest BCUT2D eigenvalue weighted by atomic mass is 79.9. The van der Waals surface area contributed by atoms with Gasteiger partial charge in [-0.1, -0.05) is 33.6 Å². The van der Waals surface area contributed by atoms with Crippen LogP contribution in [0.25, 0.3) is 0 Å². The maximum Gasteiger partial charge on any atom is 0.0897 e. The summed E-state index contributed by atoms with van der Waals surface area (Å²) in [6, 6.07) is 5.64. The van der Waals surface area contributed by atoms with Crippen LogP contribution in [0.1, 0.15) is 5.56 Å². The van der Waals surface area contributed by atoms with Gasteiger partial charge in [0.2, 0.25) is 0 Å².